The van der Waals surface area contributed by atoms with E-state index in [0.29, 0.717) is 5.92 Å². The van der Waals surface area contributed by atoms with Crippen LogP contribution < -0.4 is 0 Å². The summed E-state index contributed by atoms with van der Waals surface area (Å²) in [4.78, 5) is 3.29. The van der Waals surface area contributed by atoms with Crippen LogP contribution in [0.25, 0.3) is 10.9 Å². The molecule has 0 radical (unpaired) electrons. The van der Waals surface area contributed by atoms with E-state index < -0.39 is 0 Å². The van der Waals surface area contributed by atoms with Crippen molar-refractivity contribution in [3.63, 3.8) is 0 Å². The third kappa shape index (κ3) is 1.92. The van der Waals surface area contributed by atoms with Gasteiger partial charge in [0.25, 0.3) is 0 Å². The highest BCUT2D eigenvalue weighted by Gasteiger charge is 2.12. The standard InChI is InChI=1S/C17H17N/c1-2-16(13-6-4-3-5-7-13)15-9-8-14-10-11-18-17(14)12-15/h3-12,16,18H,2H2,1H3. The molecule has 0 aliphatic carbocycles. The van der Waals surface area contributed by atoms with E-state index in [2.05, 4.69) is 66.5 Å². The van der Waals surface area contributed by atoms with Crippen LogP contribution in [0, 0.1) is 0 Å². The highest BCUT2D eigenvalue weighted by Crippen LogP contribution is 2.29. The number of H-pyrrole nitrogens is 1. The van der Waals surface area contributed by atoms with Crippen LogP contribution in [0.2, 0.25) is 0 Å². The number of aromatic amines is 1. The first-order valence-electron chi connectivity index (χ1n) is 6.50. The number of hydrogen-bond donors (Lipinski definition) is 1. The van der Waals surface area contributed by atoms with Gasteiger partial charge in [0.2, 0.25) is 0 Å². The Morgan fingerprint density at radius 3 is 2.56 bits per heavy atom. The van der Waals surface area contributed by atoms with Crippen molar-refractivity contribution in [1.82, 2.24) is 4.98 Å². The molecule has 1 heteroatoms. The van der Waals surface area contributed by atoms with Crippen LogP contribution in [0.4, 0.5) is 0 Å². The van der Waals surface area contributed by atoms with Gasteiger partial charge in [0, 0.05) is 17.6 Å². The van der Waals surface area contributed by atoms with Crippen LogP contribution in [0.5, 0.6) is 0 Å². The molecule has 0 amide bonds. The molecule has 18 heavy (non-hydrogen) atoms. The van der Waals surface area contributed by atoms with Crippen LogP contribution in [-0.2, 0) is 0 Å². The monoisotopic (exact) mass is 235 g/mol. The lowest BCUT2D eigenvalue weighted by atomic mass is 9.89. The summed E-state index contributed by atoms with van der Waals surface area (Å²) in [6.45, 7) is 2.25. The first-order valence-corrected chi connectivity index (χ1v) is 6.50. The van der Waals surface area contributed by atoms with Gasteiger partial charge in [-0.2, -0.15) is 0 Å². The SMILES string of the molecule is CCC(c1ccccc1)c1ccc2cc[nH]c2c1. The Bertz CT molecular complexity index is 637. The summed E-state index contributed by atoms with van der Waals surface area (Å²) in [6.07, 6.45) is 3.12. The van der Waals surface area contributed by atoms with Gasteiger partial charge in [0.15, 0.2) is 0 Å². The second-order valence-corrected chi connectivity index (χ2v) is 4.70. The van der Waals surface area contributed by atoms with Gasteiger partial charge >= 0.3 is 0 Å². The lowest BCUT2D eigenvalue weighted by molar-refractivity contribution is 0.778. The third-order valence-electron chi connectivity index (χ3n) is 3.59. The van der Waals surface area contributed by atoms with Gasteiger partial charge in [-0.25, -0.2) is 0 Å². The first kappa shape index (κ1) is 11.1. The summed E-state index contributed by atoms with van der Waals surface area (Å²) in [5.41, 5.74) is 4.01. The molecular formula is C17H17N. The number of fused-ring (bicyclic) bond motifs is 1. The molecule has 0 saturated heterocycles. The topological polar surface area (TPSA) is 15.8 Å². The maximum atomic E-state index is 3.29. The van der Waals surface area contributed by atoms with E-state index in [0.717, 1.165) is 6.42 Å². The number of hydrogen-bond acceptors (Lipinski definition) is 0. The molecule has 0 bridgehead atoms. The Kier molecular flexibility index (Phi) is 2.89. The van der Waals surface area contributed by atoms with E-state index in [1.165, 1.54) is 22.0 Å². The predicted molar refractivity (Wildman–Crippen MR) is 76.9 cm³/mol. The van der Waals surface area contributed by atoms with Gasteiger partial charge in [-0.3, -0.25) is 0 Å². The Labute approximate surface area is 107 Å². The van der Waals surface area contributed by atoms with Crippen LogP contribution in [0.1, 0.15) is 30.4 Å². The molecule has 0 fully saturated rings. The highest BCUT2D eigenvalue weighted by molar-refractivity contribution is 5.80. The average molecular weight is 235 g/mol. The van der Waals surface area contributed by atoms with Crippen LogP contribution in [0.15, 0.2) is 60.8 Å². The zero-order chi connectivity index (χ0) is 12.4. The maximum Gasteiger partial charge on any atom is 0.0456 e. The minimum atomic E-state index is 0.485. The average Bonchev–Trinajstić information content (AvgIpc) is 2.88. The fourth-order valence-electron chi connectivity index (χ4n) is 2.63. The molecule has 1 atom stereocenters. The first-order chi connectivity index (χ1) is 8.88. The molecule has 0 saturated carbocycles. The van der Waals surface area contributed by atoms with Gasteiger partial charge in [-0.05, 0) is 35.1 Å². The lowest BCUT2D eigenvalue weighted by Crippen LogP contribution is -1.99. The molecule has 3 rings (SSSR count). The lowest BCUT2D eigenvalue weighted by Gasteiger charge is -2.16. The summed E-state index contributed by atoms with van der Waals surface area (Å²) in [7, 11) is 0. The quantitative estimate of drug-likeness (QED) is 0.676. The van der Waals surface area contributed by atoms with Crippen molar-refractivity contribution in [1.29, 1.82) is 0 Å². The molecular weight excluding hydrogens is 218 g/mol. The summed E-state index contributed by atoms with van der Waals surface area (Å²) in [5.74, 6) is 0.485. The van der Waals surface area contributed by atoms with Crippen molar-refractivity contribution in [3.05, 3.63) is 71.9 Å². The summed E-state index contributed by atoms with van der Waals surface area (Å²) in [5, 5.41) is 1.28. The Balaban J connectivity index is 2.05. The fraction of sp³-hybridized carbons (Fsp3) is 0.176. The van der Waals surface area contributed by atoms with Gasteiger partial charge in [0.05, 0.1) is 0 Å². The summed E-state index contributed by atoms with van der Waals surface area (Å²) < 4.78 is 0. The van der Waals surface area contributed by atoms with Gasteiger partial charge in [-0.15, -0.1) is 0 Å². The van der Waals surface area contributed by atoms with E-state index in [9.17, 15) is 0 Å². The number of nitrogens with one attached hydrogen (secondary N) is 1. The van der Waals surface area contributed by atoms with Crippen molar-refractivity contribution in [2.45, 2.75) is 19.3 Å². The van der Waals surface area contributed by atoms with E-state index in [-0.39, 0.29) is 0 Å². The molecule has 3 aromatic rings. The van der Waals surface area contributed by atoms with E-state index in [1.54, 1.807) is 0 Å². The molecule has 1 heterocycles. The Hall–Kier alpha value is -2.02. The Morgan fingerprint density at radius 1 is 0.944 bits per heavy atom. The Morgan fingerprint density at radius 2 is 1.78 bits per heavy atom. The van der Waals surface area contributed by atoms with Gasteiger partial charge in [0.1, 0.15) is 0 Å². The second kappa shape index (κ2) is 4.69. The minimum Gasteiger partial charge on any atom is -0.361 e. The number of benzene rings is 2. The summed E-state index contributed by atoms with van der Waals surface area (Å²) in [6, 6.07) is 19.6. The van der Waals surface area contributed by atoms with Crippen molar-refractivity contribution in [2.75, 3.05) is 0 Å². The van der Waals surface area contributed by atoms with Crippen molar-refractivity contribution in [2.24, 2.45) is 0 Å². The second-order valence-electron chi connectivity index (χ2n) is 4.70. The minimum absolute atomic E-state index is 0.485. The zero-order valence-corrected chi connectivity index (χ0v) is 10.6. The van der Waals surface area contributed by atoms with E-state index in [4.69, 9.17) is 0 Å². The number of rotatable bonds is 3. The molecule has 1 unspecified atom stereocenters. The molecule has 0 spiro atoms. The molecule has 1 nitrogen and oxygen atoms in total. The predicted octanol–water partition coefficient (Wildman–Crippen LogP) is 4.71. The molecule has 0 aliphatic heterocycles. The van der Waals surface area contributed by atoms with Crippen LogP contribution in [0.3, 0.4) is 0 Å². The van der Waals surface area contributed by atoms with Crippen LogP contribution in [-0.4, -0.2) is 4.98 Å². The zero-order valence-electron chi connectivity index (χ0n) is 10.6. The summed E-state index contributed by atoms with van der Waals surface area (Å²) >= 11 is 0. The van der Waals surface area contributed by atoms with Gasteiger partial charge in [-0.1, -0.05) is 49.4 Å². The third-order valence-corrected chi connectivity index (χ3v) is 3.59. The highest BCUT2D eigenvalue weighted by atomic mass is 14.7. The molecule has 1 aromatic heterocycles. The smallest absolute Gasteiger partial charge is 0.0456 e. The largest absolute Gasteiger partial charge is 0.361 e. The van der Waals surface area contributed by atoms with Crippen LogP contribution >= 0.6 is 0 Å². The normalized spacial score (nSPS) is 12.7. The van der Waals surface area contributed by atoms with Crippen molar-refractivity contribution >= 4 is 10.9 Å². The molecule has 90 valence electrons. The van der Waals surface area contributed by atoms with Gasteiger partial charge < -0.3 is 4.98 Å². The fourth-order valence-corrected chi connectivity index (χ4v) is 2.63. The van der Waals surface area contributed by atoms with E-state index in [1.807, 2.05) is 6.20 Å². The molecule has 1 N–H and O–H groups in total. The molecule has 2 aromatic carbocycles. The van der Waals surface area contributed by atoms with E-state index >= 15 is 0 Å². The molecule has 0 aliphatic rings. The van der Waals surface area contributed by atoms with Crippen molar-refractivity contribution < 1.29 is 0 Å². The maximum absolute atomic E-state index is 3.29. The van der Waals surface area contributed by atoms with Crippen molar-refractivity contribution in [3.8, 4) is 0 Å². The number of aromatic nitrogens is 1.